The molecular formula is C17H25NO2S. The first kappa shape index (κ1) is 16.2. The summed E-state index contributed by atoms with van der Waals surface area (Å²) in [6, 6.07) is 10.1. The van der Waals surface area contributed by atoms with E-state index in [2.05, 4.69) is 32.2 Å². The fourth-order valence-electron chi connectivity index (χ4n) is 2.36. The van der Waals surface area contributed by atoms with Crippen LogP contribution in [0.4, 0.5) is 0 Å². The Hall–Kier alpha value is -1.13. The van der Waals surface area contributed by atoms with Crippen LogP contribution in [0.15, 0.2) is 34.7 Å². The lowest BCUT2D eigenvalue weighted by Crippen LogP contribution is -2.27. The second-order valence-electron chi connectivity index (χ2n) is 5.86. The van der Waals surface area contributed by atoms with Crippen LogP contribution in [-0.2, 0) is 10.8 Å². The molecule has 0 aliphatic rings. The summed E-state index contributed by atoms with van der Waals surface area (Å²) < 4.78 is 18.2. The molecule has 21 heavy (non-hydrogen) atoms. The van der Waals surface area contributed by atoms with Crippen LogP contribution in [0.3, 0.4) is 0 Å². The second kappa shape index (κ2) is 7.76. The van der Waals surface area contributed by atoms with Gasteiger partial charge in [-0.05, 0) is 31.0 Å². The lowest BCUT2D eigenvalue weighted by atomic mass is 10.2. The van der Waals surface area contributed by atoms with Gasteiger partial charge in [-0.3, -0.25) is 4.21 Å². The molecule has 0 fully saturated rings. The van der Waals surface area contributed by atoms with Crippen molar-refractivity contribution in [2.45, 2.75) is 33.2 Å². The highest BCUT2D eigenvalue weighted by atomic mass is 32.2. The minimum Gasteiger partial charge on any atom is -0.459 e. The molecule has 2 unspecified atom stereocenters. The van der Waals surface area contributed by atoms with Crippen molar-refractivity contribution >= 4 is 21.8 Å². The van der Waals surface area contributed by atoms with Crippen molar-refractivity contribution in [1.82, 2.24) is 5.32 Å². The molecule has 0 aliphatic heterocycles. The van der Waals surface area contributed by atoms with Crippen LogP contribution in [0.25, 0.3) is 11.0 Å². The van der Waals surface area contributed by atoms with Crippen molar-refractivity contribution < 1.29 is 8.63 Å². The third kappa shape index (κ3) is 4.68. The number of furan rings is 1. The average Bonchev–Trinajstić information content (AvgIpc) is 2.86. The lowest BCUT2D eigenvalue weighted by Gasteiger charge is -2.16. The number of hydrogen-bond acceptors (Lipinski definition) is 3. The zero-order chi connectivity index (χ0) is 15.2. The highest BCUT2D eigenvalue weighted by Gasteiger charge is 2.19. The lowest BCUT2D eigenvalue weighted by molar-refractivity contribution is 0.453. The molecule has 116 valence electrons. The Labute approximate surface area is 129 Å². The van der Waals surface area contributed by atoms with Gasteiger partial charge < -0.3 is 9.73 Å². The zero-order valence-corrected chi connectivity index (χ0v) is 13.9. The summed E-state index contributed by atoms with van der Waals surface area (Å²) in [6.45, 7) is 7.25. The Bertz CT molecular complexity index is 558. The second-order valence-corrected chi connectivity index (χ2v) is 7.41. The normalized spacial score (nSPS) is 14.7. The van der Waals surface area contributed by atoms with Gasteiger partial charge in [-0.15, -0.1) is 0 Å². The van der Waals surface area contributed by atoms with Crippen molar-refractivity contribution in [2.75, 3.05) is 18.1 Å². The number of hydrogen-bond donors (Lipinski definition) is 1. The van der Waals surface area contributed by atoms with Gasteiger partial charge in [0.25, 0.3) is 0 Å². The van der Waals surface area contributed by atoms with Crippen LogP contribution in [0.2, 0.25) is 0 Å². The molecule has 0 amide bonds. The Morgan fingerprint density at radius 3 is 2.67 bits per heavy atom. The van der Waals surface area contributed by atoms with Crippen LogP contribution in [0, 0.1) is 5.92 Å². The Kier molecular flexibility index (Phi) is 6.00. The van der Waals surface area contributed by atoms with Crippen LogP contribution in [0.1, 0.15) is 39.0 Å². The first-order chi connectivity index (χ1) is 10.1. The van der Waals surface area contributed by atoms with Crippen molar-refractivity contribution in [3.8, 4) is 0 Å². The molecule has 2 rings (SSSR count). The summed E-state index contributed by atoms with van der Waals surface area (Å²) in [4.78, 5) is 0. The predicted octanol–water partition coefficient (Wildman–Crippen LogP) is 3.88. The van der Waals surface area contributed by atoms with E-state index in [9.17, 15) is 4.21 Å². The quantitative estimate of drug-likeness (QED) is 0.805. The Balaban J connectivity index is 2.16. The summed E-state index contributed by atoms with van der Waals surface area (Å²) in [5, 5.41) is 4.57. The minimum atomic E-state index is -0.828. The highest BCUT2D eigenvalue weighted by Crippen LogP contribution is 2.24. The van der Waals surface area contributed by atoms with Crippen molar-refractivity contribution in [3.05, 3.63) is 36.1 Å². The van der Waals surface area contributed by atoms with Crippen LogP contribution in [0.5, 0.6) is 0 Å². The van der Waals surface area contributed by atoms with E-state index in [1.54, 1.807) is 0 Å². The molecule has 1 aromatic heterocycles. The molecule has 0 saturated heterocycles. The summed E-state index contributed by atoms with van der Waals surface area (Å²) in [6.07, 6.45) is 1.05. The number of rotatable bonds is 8. The minimum absolute atomic E-state index is 0.0249. The molecule has 4 heteroatoms. The van der Waals surface area contributed by atoms with E-state index < -0.39 is 10.8 Å². The highest BCUT2D eigenvalue weighted by molar-refractivity contribution is 7.85. The largest absolute Gasteiger partial charge is 0.459 e. The average molecular weight is 307 g/mol. The van der Waals surface area contributed by atoms with Gasteiger partial charge in [-0.1, -0.05) is 39.0 Å². The van der Waals surface area contributed by atoms with E-state index in [1.165, 1.54) is 0 Å². The van der Waals surface area contributed by atoms with Gasteiger partial charge in [-0.2, -0.15) is 0 Å². The molecule has 2 aromatic rings. The van der Waals surface area contributed by atoms with E-state index in [-0.39, 0.29) is 6.04 Å². The van der Waals surface area contributed by atoms with E-state index in [1.807, 2.05) is 24.3 Å². The third-order valence-corrected chi connectivity index (χ3v) is 5.04. The molecule has 1 N–H and O–H groups in total. The van der Waals surface area contributed by atoms with E-state index in [4.69, 9.17) is 4.42 Å². The molecule has 1 heterocycles. The van der Waals surface area contributed by atoms with Crippen LogP contribution in [-0.4, -0.2) is 22.3 Å². The van der Waals surface area contributed by atoms with Gasteiger partial charge in [0.2, 0.25) is 0 Å². The predicted molar refractivity (Wildman–Crippen MR) is 90.0 cm³/mol. The van der Waals surface area contributed by atoms with Gasteiger partial charge in [0.05, 0.1) is 6.04 Å². The third-order valence-electron chi connectivity index (χ3n) is 3.30. The number of benzene rings is 1. The van der Waals surface area contributed by atoms with Gasteiger partial charge in [0.1, 0.15) is 11.3 Å². The molecule has 1 aromatic carbocycles. The Morgan fingerprint density at radius 1 is 1.24 bits per heavy atom. The van der Waals surface area contributed by atoms with E-state index >= 15 is 0 Å². The molecule has 0 radical (unpaired) electrons. The number of nitrogens with one attached hydrogen (secondary N) is 1. The fraction of sp³-hybridized carbons (Fsp3) is 0.529. The van der Waals surface area contributed by atoms with Gasteiger partial charge >= 0.3 is 0 Å². The van der Waals surface area contributed by atoms with Crippen molar-refractivity contribution in [2.24, 2.45) is 5.92 Å². The summed E-state index contributed by atoms with van der Waals surface area (Å²) in [5.74, 6) is 2.69. The molecular weight excluding hydrogens is 282 g/mol. The summed E-state index contributed by atoms with van der Waals surface area (Å²) >= 11 is 0. The molecule has 3 nitrogen and oxygen atoms in total. The smallest absolute Gasteiger partial charge is 0.134 e. The SMILES string of the molecule is CCCNC(CS(=O)CC(C)C)c1cc2ccccc2o1. The Morgan fingerprint density at radius 2 is 2.00 bits per heavy atom. The zero-order valence-electron chi connectivity index (χ0n) is 13.1. The first-order valence-corrected chi connectivity index (χ1v) is 9.15. The maximum Gasteiger partial charge on any atom is 0.134 e. The fourth-order valence-corrected chi connectivity index (χ4v) is 3.89. The van der Waals surface area contributed by atoms with Crippen LogP contribution < -0.4 is 5.32 Å². The molecule has 0 spiro atoms. The maximum atomic E-state index is 12.2. The maximum absolute atomic E-state index is 12.2. The first-order valence-electron chi connectivity index (χ1n) is 7.67. The number of fused-ring (bicyclic) bond motifs is 1. The topological polar surface area (TPSA) is 42.2 Å². The van der Waals surface area contributed by atoms with Gasteiger partial charge in [0, 0.05) is 27.7 Å². The molecule has 2 atom stereocenters. The molecule has 0 bridgehead atoms. The van der Waals surface area contributed by atoms with E-state index in [0.29, 0.717) is 11.7 Å². The van der Waals surface area contributed by atoms with Crippen molar-refractivity contribution in [3.63, 3.8) is 0 Å². The van der Waals surface area contributed by atoms with Gasteiger partial charge in [0.15, 0.2) is 0 Å². The number of para-hydroxylation sites is 1. The monoisotopic (exact) mass is 307 g/mol. The van der Waals surface area contributed by atoms with Crippen molar-refractivity contribution in [1.29, 1.82) is 0 Å². The summed E-state index contributed by atoms with van der Waals surface area (Å²) in [5.41, 5.74) is 0.894. The van der Waals surface area contributed by atoms with E-state index in [0.717, 1.165) is 35.4 Å². The standard InChI is InChI=1S/C17H25NO2S/c1-4-9-18-15(12-21(19)11-13(2)3)17-10-14-7-5-6-8-16(14)20-17/h5-8,10,13,15,18H,4,9,11-12H2,1-3H3. The molecule has 0 aliphatic carbocycles. The molecule has 0 saturated carbocycles. The van der Waals surface area contributed by atoms with Crippen LogP contribution >= 0.6 is 0 Å². The van der Waals surface area contributed by atoms with Gasteiger partial charge in [-0.25, -0.2) is 0 Å². The summed E-state index contributed by atoms with van der Waals surface area (Å²) in [7, 11) is -0.828.